The summed E-state index contributed by atoms with van der Waals surface area (Å²) < 4.78 is 22.3. The number of rotatable bonds is 1. The summed E-state index contributed by atoms with van der Waals surface area (Å²) in [6.07, 6.45) is 1.80. The smallest absolute Gasteiger partial charge is 0.231 e. The molecule has 6 heteroatoms. The Hall–Kier alpha value is -3.54. The number of aromatic hydroxyl groups is 1. The Labute approximate surface area is 147 Å². The van der Waals surface area contributed by atoms with Crippen molar-refractivity contribution in [2.24, 2.45) is 0 Å². The van der Waals surface area contributed by atoms with Crippen LogP contribution in [0.1, 0.15) is 0 Å². The zero-order chi connectivity index (χ0) is 17.3. The molecule has 2 aliphatic rings. The zero-order valence-corrected chi connectivity index (χ0v) is 13.5. The van der Waals surface area contributed by atoms with E-state index >= 15 is 0 Å². The van der Waals surface area contributed by atoms with Gasteiger partial charge in [0.15, 0.2) is 28.9 Å². The molecule has 0 fully saturated rings. The lowest BCUT2D eigenvalue weighted by Crippen LogP contribution is -1.93. The maximum absolute atomic E-state index is 10.2. The third-order valence-corrected chi connectivity index (χ3v) is 4.95. The van der Waals surface area contributed by atoms with Crippen LogP contribution in [0.15, 0.2) is 42.6 Å². The molecule has 0 unspecified atom stereocenters. The SMILES string of the molecule is Oc1[nH]cc2c(-c3ccc4c(c3)OCO4)c3c4c(ccc3cc12)OCO4. The molecule has 128 valence electrons. The van der Waals surface area contributed by atoms with E-state index < -0.39 is 0 Å². The summed E-state index contributed by atoms with van der Waals surface area (Å²) in [6.45, 7) is 0.423. The van der Waals surface area contributed by atoms with Crippen molar-refractivity contribution < 1.29 is 24.1 Å². The van der Waals surface area contributed by atoms with E-state index in [-0.39, 0.29) is 19.5 Å². The highest BCUT2D eigenvalue weighted by atomic mass is 16.7. The minimum absolute atomic E-state index is 0.140. The van der Waals surface area contributed by atoms with Gasteiger partial charge < -0.3 is 29.0 Å². The fourth-order valence-corrected chi connectivity index (χ4v) is 3.78. The van der Waals surface area contributed by atoms with Crippen LogP contribution >= 0.6 is 0 Å². The quantitative estimate of drug-likeness (QED) is 0.541. The average molecular weight is 347 g/mol. The zero-order valence-electron chi connectivity index (χ0n) is 13.5. The molecule has 1 aromatic heterocycles. The normalized spacial score (nSPS) is 14.5. The van der Waals surface area contributed by atoms with Crippen molar-refractivity contribution in [1.29, 1.82) is 0 Å². The minimum Gasteiger partial charge on any atom is -0.494 e. The molecule has 3 aromatic carbocycles. The predicted octanol–water partition coefficient (Wildman–Crippen LogP) is 4.15. The number of hydrogen-bond donors (Lipinski definition) is 2. The summed E-state index contributed by atoms with van der Waals surface area (Å²) in [7, 11) is 0. The van der Waals surface area contributed by atoms with Crippen LogP contribution in [0.4, 0.5) is 0 Å². The maximum atomic E-state index is 10.2. The van der Waals surface area contributed by atoms with Crippen molar-refractivity contribution in [3.05, 3.63) is 42.6 Å². The van der Waals surface area contributed by atoms with Crippen molar-refractivity contribution in [1.82, 2.24) is 4.98 Å². The van der Waals surface area contributed by atoms with Crippen LogP contribution < -0.4 is 18.9 Å². The Morgan fingerprint density at radius 2 is 1.62 bits per heavy atom. The number of aromatic nitrogens is 1. The van der Waals surface area contributed by atoms with Gasteiger partial charge >= 0.3 is 0 Å². The van der Waals surface area contributed by atoms with Crippen LogP contribution in [-0.2, 0) is 0 Å². The van der Waals surface area contributed by atoms with E-state index in [1.807, 2.05) is 36.4 Å². The Morgan fingerprint density at radius 1 is 0.808 bits per heavy atom. The lowest BCUT2D eigenvalue weighted by atomic mass is 9.93. The van der Waals surface area contributed by atoms with Crippen molar-refractivity contribution in [2.45, 2.75) is 0 Å². The van der Waals surface area contributed by atoms with Gasteiger partial charge in [0.25, 0.3) is 0 Å². The first-order valence-corrected chi connectivity index (χ1v) is 8.25. The van der Waals surface area contributed by atoms with Gasteiger partial charge in [-0.1, -0.05) is 12.1 Å². The van der Waals surface area contributed by atoms with E-state index in [1.165, 1.54) is 0 Å². The summed E-state index contributed by atoms with van der Waals surface area (Å²) in [6, 6.07) is 11.7. The maximum Gasteiger partial charge on any atom is 0.231 e. The molecule has 2 aliphatic heterocycles. The fraction of sp³-hybridized carbons (Fsp3) is 0.100. The second-order valence-electron chi connectivity index (χ2n) is 6.32. The molecule has 3 heterocycles. The molecule has 26 heavy (non-hydrogen) atoms. The summed E-state index contributed by atoms with van der Waals surface area (Å²) in [5, 5.41) is 13.8. The van der Waals surface area contributed by atoms with Gasteiger partial charge in [-0.3, -0.25) is 0 Å². The molecule has 0 saturated carbocycles. The molecule has 0 atom stereocenters. The monoisotopic (exact) mass is 347 g/mol. The molecule has 0 spiro atoms. The Balaban J connectivity index is 1.78. The number of ether oxygens (including phenoxy) is 4. The Morgan fingerprint density at radius 3 is 2.58 bits per heavy atom. The molecule has 0 saturated heterocycles. The van der Waals surface area contributed by atoms with Crippen molar-refractivity contribution in [3.63, 3.8) is 0 Å². The molecular weight excluding hydrogens is 334 g/mol. The summed E-state index contributed by atoms with van der Waals surface area (Å²) in [5.41, 5.74) is 1.91. The molecule has 4 aromatic rings. The topological polar surface area (TPSA) is 72.9 Å². The number of benzene rings is 3. The first-order chi connectivity index (χ1) is 12.8. The van der Waals surface area contributed by atoms with E-state index in [2.05, 4.69) is 4.98 Å². The Kier molecular flexibility index (Phi) is 2.51. The first-order valence-electron chi connectivity index (χ1n) is 8.25. The van der Waals surface area contributed by atoms with Crippen LogP contribution in [0.3, 0.4) is 0 Å². The molecule has 2 N–H and O–H groups in total. The molecular formula is C20H13NO5. The second-order valence-corrected chi connectivity index (χ2v) is 6.32. The highest BCUT2D eigenvalue weighted by Crippen LogP contribution is 2.49. The molecule has 0 radical (unpaired) electrons. The summed E-state index contributed by atoms with van der Waals surface area (Å²) >= 11 is 0. The van der Waals surface area contributed by atoms with Crippen LogP contribution in [-0.4, -0.2) is 23.7 Å². The minimum atomic E-state index is 0.140. The van der Waals surface area contributed by atoms with Gasteiger partial charge in [0.1, 0.15) is 0 Å². The number of H-pyrrole nitrogens is 1. The number of hydrogen-bond acceptors (Lipinski definition) is 5. The third-order valence-electron chi connectivity index (χ3n) is 4.95. The van der Waals surface area contributed by atoms with Gasteiger partial charge in [0, 0.05) is 27.9 Å². The van der Waals surface area contributed by atoms with E-state index in [9.17, 15) is 5.11 Å². The molecule has 6 rings (SSSR count). The van der Waals surface area contributed by atoms with Gasteiger partial charge in [-0.15, -0.1) is 0 Å². The highest BCUT2D eigenvalue weighted by Gasteiger charge is 2.24. The van der Waals surface area contributed by atoms with Crippen LogP contribution in [0.2, 0.25) is 0 Å². The summed E-state index contributed by atoms with van der Waals surface area (Å²) in [4.78, 5) is 2.91. The van der Waals surface area contributed by atoms with Gasteiger partial charge in [0.05, 0.1) is 0 Å². The van der Waals surface area contributed by atoms with Gasteiger partial charge in [-0.2, -0.15) is 0 Å². The summed E-state index contributed by atoms with van der Waals surface area (Å²) in [5.74, 6) is 3.02. The Bertz CT molecular complexity index is 1210. The number of fused-ring (bicyclic) bond motifs is 5. The third kappa shape index (κ3) is 1.70. The molecule has 6 nitrogen and oxygen atoms in total. The standard InChI is InChI=1S/C20H13NO5/c22-20-12-5-10-2-4-15-19(26-9-24-15)18(10)17(13(12)7-21-20)11-1-3-14-16(6-11)25-8-23-14/h1-7,21-22H,8-9H2. The number of nitrogens with one attached hydrogen (secondary N) is 1. The average Bonchev–Trinajstić information content (AvgIpc) is 3.39. The first kappa shape index (κ1) is 13.7. The predicted molar refractivity (Wildman–Crippen MR) is 95.2 cm³/mol. The molecule has 0 aliphatic carbocycles. The van der Waals surface area contributed by atoms with Crippen LogP contribution in [0.25, 0.3) is 32.7 Å². The van der Waals surface area contributed by atoms with Crippen molar-refractivity contribution in [3.8, 4) is 40.0 Å². The van der Waals surface area contributed by atoms with E-state index in [1.54, 1.807) is 6.20 Å². The van der Waals surface area contributed by atoms with Crippen molar-refractivity contribution >= 4 is 21.5 Å². The highest BCUT2D eigenvalue weighted by molar-refractivity contribution is 6.16. The lowest BCUT2D eigenvalue weighted by Gasteiger charge is -2.12. The van der Waals surface area contributed by atoms with Crippen LogP contribution in [0, 0.1) is 0 Å². The van der Waals surface area contributed by atoms with E-state index in [0.717, 1.165) is 49.9 Å². The lowest BCUT2D eigenvalue weighted by molar-refractivity contribution is 0.174. The van der Waals surface area contributed by atoms with Crippen LogP contribution in [0.5, 0.6) is 28.9 Å². The van der Waals surface area contributed by atoms with Gasteiger partial charge in [-0.25, -0.2) is 0 Å². The van der Waals surface area contributed by atoms with E-state index in [0.29, 0.717) is 5.75 Å². The van der Waals surface area contributed by atoms with E-state index in [4.69, 9.17) is 18.9 Å². The number of aromatic amines is 1. The fourth-order valence-electron chi connectivity index (χ4n) is 3.78. The molecule has 0 bridgehead atoms. The molecule has 0 amide bonds. The second kappa shape index (κ2) is 4.76. The van der Waals surface area contributed by atoms with Gasteiger partial charge in [0.2, 0.25) is 13.6 Å². The largest absolute Gasteiger partial charge is 0.494 e. The van der Waals surface area contributed by atoms with Gasteiger partial charge in [-0.05, 0) is 35.2 Å². The van der Waals surface area contributed by atoms with Crippen molar-refractivity contribution in [2.75, 3.05) is 13.6 Å².